The predicted octanol–water partition coefficient (Wildman–Crippen LogP) is 6.44. The van der Waals surface area contributed by atoms with Crippen molar-refractivity contribution in [3.63, 3.8) is 0 Å². The Hall–Kier alpha value is -4.06. The first kappa shape index (κ1) is 28.5. The van der Waals surface area contributed by atoms with Gasteiger partial charge in [0, 0.05) is 17.7 Å². The molecular weight excluding hydrogens is 559 g/mol. The van der Waals surface area contributed by atoms with Crippen LogP contribution in [0.1, 0.15) is 30.5 Å². The molecule has 0 aromatic heterocycles. The molecule has 208 valence electrons. The zero-order valence-corrected chi connectivity index (χ0v) is 24.7. The summed E-state index contributed by atoms with van der Waals surface area (Å²) in [6.07, 6.45) is 0. The molecule has 0 saturated heterocycles. The molecule has 0 spiro atoms. The lowest BCUT2D eigenvalue weighted by molar-refractivity contribution is -0.154. The van der Waals surface area contributed by atoms with Crippen LogP contribution in [-0.2, 0) is 30.3 Å². The maximum Gasteiger partial charge on any atom is 0.345 e. The van der Waals surface area contributed by atoms with Crippen LogP contribution >= 0.6 is 0 Å². The third-order valence-electron chi connectivity index (χ3n) is 6.42. The van der Waals surface area contributed by atoms with Gasteiger partial charge in [0.05, 0.1) is 0 Å². The summed E-state index contributed by atoms with van der Waals surface area (Å²) in [6.45, 7) is 6.79. The fourth-order valence-corrected chi connectivity index (χ4v) is 9.57. The number of rotatable bonds is 5. The van der Waals surface area contributed by atoms with Crippen LogP contribution in [0.5, 0.6) is 5.75 Å². The second-order valence-electron chi connectivity index (χ2n) is 10.1. The molecule has 5 rings (SSSR count). The first-order chi connectivity index (χ1) is 19.5. The van der Waals surface area contributed by atoms with Crippen molar-refractivity contribution in [3.05, 3.63) is 107 Å². The van der Waals surface area contributed by atoms with E-state index in [2.05, 4.69) is 11.8 Å². The number of carbonyl (C=O) groups excluding carboxylic acids is 1. The quantitative estimate of drug-likeness (QED) is 0.135. The maximum absolute atomic E-state index is 13.4. The maximum atomic E-state index is 13.4. The number of hydrogen-bond donors (Lipinski definition) is 0. The lowest BCUT2D eigenvalue weighted by atomic mass is 10.1. The molecule has 0 bridgehead atoms. The smallest absolute Gasteiger partial charge is 0.345 e. The number of aryl methyl sites for hydroxylation is 2. The third kappa shape index (κ3) is 5.88. The van der Waals surface area contributed by atoms with Gasteiger partial charge in [0.25, 0.3) is 0 Å². The highest BCUT2D eigenvalue weighted by atomic mass is 32.2. The molecule has 0 aliphatic carbocycles. The van der Waals surface area contributed by atoms with Crippen molar-refractivity contribution in [1.82, 2.24) is 0 Å². The second-order valence-corrected chi connectivity index (χ2v) is 14.0. The standard InChI is InChI=1S/C33H28FO5S2/c1-22-18-26(40-27-12-5-7-14-29(27)41(36,37)30-15-8-6-13-28(30)40)19-23(2)32(22)38-21-31(35)39-33(3,4)17-16-24-10-9-11-25(34)20-24/h5-15,18-20H,21H2,1-4H3/q+1. The summed E-state index contributed by atoms with van der Waals surface area (Å²) >= 11 is 0. The molecule has 0 amide bonds. The molecule has 4 aromatic rings. The normalized spacial score (nSPS) is 13.8. The van der Waals surface area contributed by atoms with E-state index in [0.29, 0.717) is 21.1 Å². The highest BCUT2D eigenvalue weighted by Gasteiger charge is 2.45. The van der Waals surface area contributed by atoms with Gasteiger partial charge in [0.1, 0.15) is 32.3 Å². The molecule has 41 heavy (non-hydrogen) atoms. The number of esters is 1. The predicted molar refractivity (Wildman–Crippen MR) is 155 cm³/mol. The average molecular weight is 588 g/mol. The molecule has 0 unspecified atom stereocenters. The average Bonchev–Trinajstić information content (AvgIpc) is 2.92. The Labute approximate surface area is 242 Å². The van der Waals surface area contributed by atoms with Crippen molar-refractivity contribution in [1.29, 1.82) is 0 Å². The minimum atomic E-state index is -3.62. The molecule has 0 saturated carbocycles. The van der Waals surface area contributed by atoms with Crippen molar-refractivity contribution in [2.24, 2.45) is 0 Å². The van der Waals surface area contributed by atoms with Crippen LogP contribution in [0.15, 0.2) is 109 Å². The van der Waals surface area contributed by atoms with E-state index in [4.69, 9.17) is 9.47 Å². The Morgan fingerprint density at radius 3 is 2.05 bits per heavy atom. The topological polar surface area (TPSA) is 69.7 Å². The summed E-state index contributed by atoms with van der Waals surface area (Å²) < 4.78 is 51.6. The molecule has 8 heteroatoms. The third-order valence-corrected chi connectivity index (χ3v) is 10.8. The van der Waals surface area contributed by atoms with Gasteiger partial charge in [-0.1, -0.05) is 42.2 Å². The fourth-order valence-electron chi connectivity index (χ4n) is 4.69. The molecule has 1 aliphatic rings. The Morgan fingerprint density at radius 1 is 0.878 bits per heavy atom. The summed E-state index contributed by atoms with van der Waals surface area (Å²) in [5, 5.41) is 0. The minimum absolute atomic E-state index is 0.318. The number of benzene rings is 4. The van der Waals surface area contributed by atoms with Crippen LogP contribution in [0.4, 0.5) is 4.39 Å². The Morgan fingerprint density at radius 2 is 1.46 bits per heavy atom. The Bertz CT molecular complexity index is 1760. The van der Waals surface area contributed by atoms with E-state index in [9.17, 15) is 17.6 Å². The van der Waals surface area contributed by atoms with Gasteiger partial charge in [-0.2, -0.15) is 0 Å². The lowest BCUT2D eigenvalue weighted by Gasteiger charge is -2.21. The summed E-state index contributed by atoms with van der Waals surface area (Å²) in [7, 11) is -4.27. The van der Waals surface area contributed by atoms with E-state index in [1.54, 1.807) is 50.2 Å². The zero-order chi connectivity index (χ0) is 29.4. The number of halogens is 1. The van der Waals surface area contributed by atoms with E-state index in [0.717, 1.165) is 25.8 Å². The van der Waals surface area contributed by atoms with Gasteiger partial charge in [-0.15, -0.1) is 0 Å². The molecular formula is C33H28FO5S2+. The number of ether oxygens (including phenoxy) is 2. The van der Waals surface area contributed by atoms with E-state index in [1.165, 1.54) is 12.1 Å². The van der Waals surface area contributed by atoms with Gasteiger partial charge >= 0.3 is 5.97 Å². The van der Waals surface area contributed by atoms with Crippen molar-refractivity contribution in [3.8, 4) is 17.6 Å². The van der Waals surface area contributed by atoms with Gasteiger partial charge in [0.2, 0.25) is 9.84 Å². The van der Waals surface area contributed by atoms with Crippen molar-refractivity contribution >= 4 is 26.7 Å². The van der Waals surface area contributed by atoms with Gasteiger partial charge in [-0.25, -0.2) is 17.6 Å². The van der Waals surface area contributed by atoms with Crippen molar-refractivity contribution in [2.45, 2.75) is 57.8 Å². The summed E-state index contributed by atoms with van der Waals surface area (Å²) in [5.74, 6) is 5.28. The van der Waals surface area contributed by atoms with E-state index >= 15 is 0 Å². The van der Waals surface area contributed by atoms with Gasteiger partial charge < -0.3 is 9.47 Å². The molecule has 0 N–H and O–H groups in total. The molecule has 0 radical (unpaired) electrons. The van der Waals surface area contributed by atoms with Crippen LogP contribution in [0.2, 0.25) is 0 Å². The monoisotopic (exact) mass is 587 g/mol. The van der Waals surface area contributed by atoms with Crippen molar-refractivity contribution in [2.75, 3.05) is 6.61 Å². The molecule has 5 nitrogen and oxygen atoms in total. The van der Waals surface area contributed by atoms with E-state index in [1.807, 2.05) is 50.2 Å². The number of carbonyl (C=O) groups is 1. The number of fused-ring (bicyclic) bond motifs is 2. The molecule has 4 aromatic carbocycles. The molecule has 1 heterocycles. The van der Waals surface area contributed by atoms with Crippen LogP contribution in [0.3, 0.4) is 0 Å². The first-order valence-corrected chi connectivity index (χ1v) is 15.6. The van der Waals surface area contributed by atoms with E-state index < -0.39 is 32.3 Å². The van der Waals surface area contributed by atoms with E-state index in [-0.39, 0.29) is 12.4 Å². The summed E-state index contributed by atoms with van der Waals surface area (Å²) in [6, 6.07) is 24.1. The van der Waals surface area contributed by atoms with Crippen molar-refractivity contribution < 1.29 is 27.1 Å². The van der Waals surface area contributed by atoms with Crippen LogP contribution in [0.25, 0.3) is 0 Å². The minimum Gasteiger partial charge on any atom is -0.481 e. The largest absolute Gasteiger partial charge is 0.481 e. The molecule has 0 fully saturated rings. The zero-order valence-electron chi connectivity index (χ0n) is 23.0. The number of sulfone groups is 1. The highest BCUT2D eigenvalue weighted by molar-refractivity contribution is 8.00. The Kier molecular flexibility index (Phi) is 7.69. The molecule has 0 atom stereocenters. The number of hydrogen-bond acceptors (Lipinski definition) is 5. The van der Waals surface area contributed by atoms with Crippen LogP contribution in [0, 0.1) is 31.5 Å². The second kappa shape index (κ2) is 11.1. The van der Waals surface area contributed by atoms with Gasteiger partial charge in [0.15, 0.2) is 26.9 Å². The molecule has 1 aliphatic heterocycles. The highest BCUT2D eigenvalue weighted by Crippen LogP contribution is 2.45. The SMILES string of the molecule is Cc1cc([S+]2c3ccccc3S(=O)(=O)c3ccccc32)cc(C)c1OCC(=O)OC(C)(C)C#Cc1cccc(F)c1. The summed E-state index contributed by atoms with van der Waals surface area (Å²) in [5.41, 5.74) is 1.00. The summed E-state index contributed by atoms with van der Waals surface area (Å²) in [4.78, 5) is 15.7. The lowest BCUT2D eigenvalue weighted by Crippen LogP contribution is -2.29. The van der Waals surface area contributed by atoms with Crippen LogP contribution in [-0.4, -0.2) is 26.6 Å². The Balaban J connectivity index is 1.37. The van der Waals surface area contributed by atoms with Crippen LogP contribution < -0.4 is 4.74 Å². The first-order valence-electron chi connectivity index (χ1n) is 12.9. The van der Waals surface area contributed by atoms with Gasteiger partial charge in [-0.3, -0.25) is 0 Å². The van der Waals surface area contributed by atoms with Gasteiger partial charge in [-0.05, 0) is 81.3 Å². The fraction of sp³-hybridized carbons (Fsp3) is 0.182.